The molecule has 0 saturated heterocycles. The van der Waals surface area contributed by atoms with Gasteiger partial charge >= 0.3 is 6.36 Å². The van der Waals surface area contributed by atoms with Crippen molar-refractivity contribution in [3.63, 3.8) is 0 Å². The summed E-state index contributed by atoms with van der Waals surface area (Å²) in [6, 6.07) is 1.04. The van der Waals surface area contributed by atoms with Crippen molar-refractivity contribution in [2.75, 3.05) is 0 Å². The van der Waals surface area contributed by atoms with Gasteiger partial charge in [0.2, 0.25) is 0 Å². The Labute approximate surface area is 90.4 Å². The Kier molecular flexibility index (Phi) is 3.18. The van der Waals surface area contributed by atoms with E-state index < -0.39 is 23.6 Å². The maximum Gasteiger partial charge on any atom is 0.573 e. The van der Waals surface area contributed by atoms with Crippen molar-refractivity contribution in [3.05, 3.63) is 22.4 Å². The van der Waals surface area contributed by atoms with Crippen LogP contribution in [-0.4, -0.2) is 17.3 Å². The van der Waals surface area contributed by atoms with Gasteiger partial charge in [-0.15, -0.1) is 13.2 Å². The molecule has 1 aromatic heterocycles. The van der Waals surface area contributed by atoms with Gasteiger partial charge in [0.15, 0.2) is 5.75 Å². The normalized spacial score (nSPS) is 11.2. The zero-order chi connectivity index (χ0) is 11.6. The zero-order valence-corrected chi connectivity index (χ0v) is 8.59. The summed E-state index contributed by atoms with van der Waals surface area (Å²) >= 11 is 2.72. The Morgan fingerprint density at radius 3 is 2.60 bits per heavy atom. The van der Waals surface area contributed by atoms with E-state index >= 15 is 0 Å². The summed E-state index contributed by atoms with van der Waals surface area (Å²) in [5.74, 6) is -1.77. The average molecular weight is 285 g/mol. The summed E-state index contributed by atoms with van der Waals surface area (Å²) in [6.07, 6.45) is -3.77. The molecule has 0 radical (unpaired) electrons. The number of carbonyl (C=O) groups is 1. The van der Waals surface area contributed by atoms with Gasteiger partial charge in [-0.1, -0.05) is 0 Å². The molecular formula is C7H4BrF3N2O2. The van der Waals surface area contributed by atoms with Crippen LogP contribution in [0.5, 0.6) is 5.75 Å². The fourth-order valence-corrected chi connectivity index (χ4v) is 1.24. The van der Waals surface area contributed by atoms with E-state index in [0.29, 0.717) is 0 Å². The predicted molar refractivity (Wildman–Crippen MR) is 47.1 cm³/mol. The molecule has 1 heterocycles. The van der Waals surface area contributed by atoms with Crippen LogP contribution in [0.4, 0.5) is 13.2 Å². The van der Waals surface area contributed by atoms with E-state index in [1.165, 1.54) is 0 Å². The average Bonchev–Trinajstić information content (AvgIpc) is 2.05. The van der Waals surface area contributed by atoms with Gasteiger partial charge in [-0.2, -0.15) is 0 Å². The highest BCUT2D eigenvalue weighted by Crippen LogP contribution is 2.31. The maximum atomic E-state index is 11.9. The molecule has 0 aromatic carbocycles. The monoisotopic (exact) mass is 284 g/mol. The van der Waals surface area contributed by atoms with Crippen LogP contribution in [0, 0.1) is 0 Å². The minimum Gasteiger partial charge on any atom is -0.402 e. The first-order valence-electron chi connectivity index (χ1n) is 3.51. The molecule has 0 unspecified atom stereocenters. The van der Waals surface area contributed by atoms with Crippen LogP contribution in [0.1, 0.15) is 10.4 Å². The van der Waals surface area contributed by atoms with Gasteiger partial charge < -0.3 is 10.5 Å². The lowest BCUT2D eigenvalue weighted by molar-refractivity contribution is -0.275. The highest BCUT2D eigenvalue weighted by molar-refractivity contribution is 9.10. The second kappa shape index (κ2) is 4.05. The van der Waals surface area contributed by atoms with E-state index in [2.05, 4.69) is 25.7 Å². The standard InChI is InChI=1S/C7H4BrF3N2O2/c8-5-4(15-7(9,10)11)3(6(12)14)1-2-13-5/h1-2H,(H2,12,14). The summed E-state index contributed by atoms with van der Waals surface area (Å²) in [5.41, 5.74) is 4.47. The molecule has 0 spiro atoms. The number of hydrogen-bond acceptors (Lipinski definition) is 3. The van der Waals surface area contributed by atoms with Crippen molar-refractivity contribution in [1.29, 1.82) is 0 Å². The molecule has 82 valence electrons. The number of primary amides is 1. The van der Waals surface area contributed by atoms with Gasteiger partial charge in [0.1, 0.15) is 4.60 Å². The molecule has 0 aliphatic rings. The van der Waals surface area contributed by atoms with Crippen molar-refractivity contribution < 1.29 is 22.7 Å². The highest BCUT2D eigenvalue weighted by atomic mass is 79.9. The molecule has 0 fully saturated rings. The van der Waals surface area contributed by atoms with Crippen molar-refractivity contribution in [3.8, 4) is 5.75 Å². The van der Waals surface area contributed by atoms with Crippen LogP contribution in [0.3, 0.4) is 0 Å². The number of carbonyl (C=O) groups excluding carboxylic acids is 1. The lowest BCUT2D eigenvalue weighted by atomic mass is 10.2. The molecular weight excluding hydrogens is 281 g/mol. The van der Waals surface area contributed by atoms with Crippen molar-refractivity contribution in [2.45, 2.75) is 6.36 Å². The van der Waals surface area contributed by atoms with E-state index in [1.807, 2.05) is 0 Å². The summed E-state index contributed by atoms with van der Waals surface area (Å²) in [4.78, 5) is 14.3. The second-order valence-electron chi connectivity index (χ2n) is 2.39. The molecule has 0 atom stereocenters. The molecule has 15 heavy (non-hydrogen) atoms. The van der Waals surface area contributed by atoms with Gasteiger partial charge in [-0.3, -0.25) is 4.79 Å². The summed E-state index contributed by atoms with van der Waals surface area (Å²) in [6.45, 7) is 0. The predicted octanol–water partition coefficient (Wildman–Crippen LogP) is 1.84. The molecule has 0 bridgehead atoms. The fourth-order valence-electron chi connectivity index (χ4n) is 0.830. The Morgan fingerprint density at radius 1 is 1.53 bits per heavy atom. The molecule has 1 aromatic rings. The molecule has 0 aliphatic heterocycles. The van der Waals surface area contributed by atoms with E-state index in [-0.39, 0.29) is 4.60 Å². The van der Waals surface area contributed by atoms with Crippen LogP contribution < -0.4 is 10.5 Å². The molecule has 2 N–H and O–H groups in total. The van der Waals surface area contributed by atoms with Crippen LogP contribution in [0.15, 0.2) is 16.9 Å². The zero-order valence-electron chi connectivity index (χ0n) is 7.01. The quantitative estimate of drug-likeness (QED) is 0.843. The molecule has 4 nitrogen and oxygen atoms in total. The largest absolute Gasteiger partial charge is 0.573 e. The SMILES string of the molecule is NC(=O)c1ccnc(Br)c1OC(F)(F)F. The third kappa shape index (κ3) is 3.08. The number of pyridine rings is 1. The number of ether oxygens (including phenoxy) is 1. The lowest BCUT2D eigenvalue weighted by Gasteiger charge is -2.12. The first kappa shape index (κ1) is 11.8. The minimum absolute atomic E-state index is 0.240. The van der Waals surface area contributed by atoms with E-state index in [9.17, 15) is 18.0 Å². The van der Waals surface area contributed by atoms with Gasteiger partial charge in [-0.25, -0.2) is 4.98 Å². The van der Waals surface area contributed by atoms with Crippen molar-refractivity contribution >= 4 is 21.8 Å². The Hall–Kier alpha value is -1.31. The topological polar surface area (TPSA) is 65.2 Å². The number of hydrogen-bond donors (Lipinski definition) is 1. The minimum atomic E-state index is -4.91. The number of rotatable bonds is 2. The number of nitrogens with zero attached hydrogens (tertiary/aromatic N) is 1. The number of amides is 1. The Bertz CT molecular complexity index is 394. The van der Waals surface area contributed by atoms with Gasteiger partial charge in [-0.05, 0) is 22.0 Å². The van der Waals surface area contributed by atoms with Crippen molar-refractivity contribution in [2.24, 2.45) is 5.73 Å². The third-order valence-electron chi connectivity index (χ3n) is 1.34. The van der Waals surface area contributed by atoms with Crippen LogP contribution in [-0.2, 0) is 0 Å². The number of aromatic nitrogens is 1. The Morgan fingerprint density at radius 2 is 2.13 bits per heavy atom. The molecule has 0 saturated carbocycles. The first-order chi connectivity index (χ1) is 6.81. The van der Waals surface area contributed by atoms with Crippen LogP contribution >= 0.6 is 15.9 Å². The van der Waals surface area contributed by atoms with Crippen LogP contribution in [0.25, 0.3) is 0 Å². The molecule has 1 amide bonds. The van der Waals surface area contributed by atoms with Gasteiger partial charge in [0, 0.05) is 6.20 Å². The van der Waals surface area contributed by atoms with Gasteiger partial charge in [0.05, 0.1) is 5.56 Å². The van der Waals surface area contributed by atoms with Gasteiger partial charge in [0.25, 0.3) is 5.91 Å². The molecule has 1 rings (SSSR count). The number of halogens is 4. The lowest BCUT2D eigenvalue weighted by Crippen LogP contribution is -2.21. The first-order valence-corrected chi connectivity index (χ1v) is 4.30. The highest BCUT2D eigenvalue weighted by Gasteiger charge is 2.34. The van der Waals surface area contributed by atoms with E-state index in [4.69, 9.17) is 5.73 Å². The second-order valence-corrected chi connectivity index (χ2v) is 3.14. The molecule has 8 heteroatoms. The van der Waals surface area contributed by atoms with E-state index in [0.717, 1.165) is 12.3 Å². The van der Waals surface area contributed by atoms with Crippen molar-refractivity contribution in [1.82, 2.24) is 4.98 Å². The van der Waals surface area contributed by atoms with Crippen LogP contribution in [0.2, 0.25) is 0 Å². The Balaban J connectivity index is 3.19. The summed E-state index contributed by atoms with van der Waals surface area (Å²) in [5, 5.41) is 0. The maximum absolute atomic E-state index is 11.9. The smallest absolute Gasteiger partial charge is 0.402 e. The fraction of sp³-hybridized carbons (Fsp3) is 0.143. The molecule has 0 aliphatic carbocycles. The summed E-state index contributed by atoms with van der Waals surface area (Å²) in [7, 11) is 0. The third-order valence-corrected chi connectivity index (χ3v) is 1.91. The number of nitrogens with two attached hydrogens (primary N) is 1. The summed E-state index contributed by atoms with van der Waals surface area (Å²) < 4.78 is 39.2. The van der Waals surface area contributed by atoms with E-state index in [1.54, 1.807) is 0 Å². The number of alkyl halides is 3.